The number of aliphatic hydroxyl groups excluding tert-OH is 1. The summed E-state index contributed by atoms with van der Waals surface area (Å²) in [6.07, 6.45) is 0. The monoisotopic (exact) mass is 339 g/mol. The Hall–Kier alpha value is -2.21. The third kappa shape index (κ3) is 4.66. The van der Waals surface area contributed by atoms with Crippen LogP contribution in [0.3, 0.4) is 0 Å². The fraction of sp³-hybridized carbons (Fsp3) is 0.350. The van der Waals surface area contributed by atoms with E-state index >= 15 is 0 Å². The summed E-state index contributed by atoms with van der Waals surface area (Å²) in [7, 11) is 0. The lowest BCUT2D eigenvalue weighted by Crippen LogP contribution is -2.50. The van der Waals surface area contributed by atoms with E-state index in [9.17, 15) is 4.79 Å². The molecule has 2 aromatic carbocycles. The normalized spacial score (nSPS) is 15.9. The highest BCUT2D eigenvalue weighted by molar-refractivity contribution is 6.01. The third-order valence-corrected chi connectivity index (χ3v) is 4.52. The number of amides is 1. The first-order valence-corrected chi connectivity index (χ1v) is 8.76. The molecule has 25 heavy (non-hydrogen) atoms. The van der Waals surface area contributed by atoms with Crippen LogP contribution in [0.4, 0.5) is 11.4 Å². The quantitative estimate of drug-likeness (QED) is 0.874. The smallest absolute Gasteiger partial charge is 0.245 e. The van der Waals surface area contributed by atoms with Crippen molar-refractivity contribution in [3.05, 3.63) is 60.7 Å². The van der Waals surface area contributed by atoms with Crippen molar-refractivity contribution in [2.45, 2.75) is 0 Å². The topological polar surface area (TPSA) is 47.0 Å². The van der Waals surface area contributed by atoms with Gasteiger partial charge in [-0.3, -0.25) is 19.5 Å². The number of benzene rings is 2. The van der Waals surface area contributed by atoms with Crippen molar-refractivity contribution >= 4 is 17.3 Å². The number of aliphatic hydroxyl groups is 1. The molecule has 1 aliphatic rings. The average Bonchev–Trinajstić information content (AvgIpc) is 2.66. The second-order valence-corrected chi connectivity index (χ2v) is 6.24. The number of anilines is 2. The Morgan fingerprint density at radius 1 is 0.840 bits per heavy atom. The molecule has 2 aromatic rings. The lowest BCUT2D eigenvalue weighted by atomic mass is 10.2. The van der Waals surface area contributed by atoms with E-state index in [2.05, 4.69) is 9.80 Å². The van der Waals surface area contributed by atoms with Gasteiger partial charge in [-0.05, 0) is 24.3 Å². The van der Waals surface area contributed by atoms with E-state index in [1.54, 1.807) is 4.90 Å². The summed E-state index contributed by atoms with van der Waals surface area (Å²) in [5.74, 6) is 0.0769. The molecule has 0 bridgehead atoms. The van der Waals surface area contributed by atoms with Gasteiger partial charge in [0.1, 0.15) is 0 Å². The summed E-state index contributed by atoms with van der Waals surface area (Å²) in [5, 5.41) is 9.04. The van der Waals surface area contributed by atoms with Crippen molar-refractivity contribution in [2.24, 2.45) is 0 Å². The Morgan fingerprint density at radius 3 is 1.80 bits per heavy atom. The zero-order valence-electron chi connectivity index (χ0n) is 14.4. The number of hydrogen-bond donors (Lipinski definition) is 1. The molecule has 1 saturated heterocycles. The number of rotatable bonds is 6. The average molecular weight is 339 g/mol. The van der Waals surface area contributed by atoms with E-state index in [0.29, 0.717) is 13.1 Å². The Kier molecular flexibility index (Phi) is 6.17. The molecule has 0 unspecified atom stereocenters. The molecule has 0 saturated carbocycles. The van der Waals surface area contributed by atoms with Crippen molar-refractivity contribution in [1.29, 1.82) is 0 Å². The lowest BCUT2D eigenvalue weighted by Gasteiger charge is -2.35. The predicted octanol–water partition coefficient (Wildman–Crippen LogP) is 1.96. The van der Waals surface area contributed by atoms with Gasteiger partial charge in [0.2, 0.25) is 5.91 Å². The van der Waals surface area contributed by atoms with Crippen molar-refractivity contribution in [3.8, 4) is 0 Å². The number of piperazine rings is 1. The van der Waals surface area contributed by atoms with E-state index < -0.39 is 0 Å². The Morgan fingerprint density at radius 2 is 1.32 bits per heavy atom. The Bertz CT molecular complexity index is 616. The molecular weight excluding hydrogens is 314 g/mol. The molecule has 1 heterocycles. The maximum atomic E-state index is 13.1. The van der Waals surface area contributed by atoms with Crippen LogP contribution >= 0.6 is 0 Å². The molecule has 0 aromatic heterocycles. The maximum Gasteiger partial charge on any atom is 0.245 e. The van der Waals surface area contributed by atoms with Crippen LogP contribution in [0.15, 0.2) is 60.7 Å². The van der Waals surface area contributed by atoms with Gasteiger partial charge in [-0.2, -0.15) is 0 Å². The van der Waals surface area contributed by atoms with Crippen LogP contribution < -0.4 is 4.90 Å². The van der Waals surface area contributed by atoms with Gasteiger partial charge in [0.15, 0.2) is 0 Å². The van der Waals surface area contributed by atoms with Gasteiger partial charge in [-0.1, -0.05) is 36.4 Å². The predicted molar refractivity (Wildman–Crippen MR) is 100.0 cm³/mol. The lowest BCUT2D eigenvalue weighted by molar-refractivity contribution is -0.119. The van der Waals surface area contributed by atoms with Gasteiger partial charge in [0.05, 0.1) is 13.2 Å². The molecule has 3 rings (SSSR count). The number of carbonyl (C=O) groups excluding carboxylic acids is 1. The molecule has 1 N–H and O–H groups in total. The van der Waals surface area contributed by atoms with Gasteiger partial charge in [0.25, 0.3) is 0 Å². The number of carbonyl (C=O) groups is 1. The van der Waals surface area contributed by atoms with E-state index in [1.807, 2.05) is 60.7 Å². The van der Waals surface area contributed by atoms with Crippen LogP contribution in [-0.2, 0) is 4.79 Å². The molecule has 1 aliphatic heterocycles. The van der Waals surface area contributed by atoms with Crippen LogP contribution in [0.2, 0.25) is 0 Å². The summed E-state index contributed by atoms with van der Waals surface area (Å²) < 4.78 is 0. The van der Waals surface area contributed by atoms with Crippen molar-refractivity contribution in [1.82, 2.24) is 9.80 Å². The standard InChI is InChI=1S/C20H25N3O2/c24-16-15-21-11-13-22(14-12-21)17-20(25)23(18-7-3-1-4-8-18)19-9-5-2-6-10-19/h1-10,24H,11-17H2. The fourth-order valence-corrected chi connectivity index (χ4v) is 3.17. The number of hydrogen-bond acceptors (Lipinski definition) is 4. The first-order chi connectivity index (χ1) is 12.3. The highest BCUT2D eigenvalue weighted by atomic mass is 16.3. The summed E-state index contributed by atoms with van der Waals surface area (Å²) >= 11 is 0. The van der Waals surface area contributed by atoms with Gasteiger partial charge in [0, 0.05) is 44.1 Å². The number of para-hydroxylation sites is 2. The second-order valence-electron chi connectivity index (χ2n) is 6.24. The van der Waals surface area contributed by atoms with Crippen LogP contribution in [-0.4, -0.2) is 66.7 Å². The van der Waals surface area contributed by atoms with Gasteiger partial charge in [-0.15, -0.1) is 0 Å². The van der Waals surface area contributed by atoms with Crippen LogP contribution in [0.5, 0.6) is 0 Å². The van der Waals surface area contributed by atoms with Crippen LogP contribution in [0.1, 0.15) is 0 Å². The highest BCUT2D eigenvalue weighted by Gasteiger charge is 2.23. The molecule has 5 nitrogen and oxygen atoms in total. The largest absolute Gasteiger partial charge is 0.395 e. The van der Waals surface area contributed by atoms with Crippen LogP contribution in [0, 0.1) is 0 Å². The molecule has 0 spiro atoms. The summed E-state index contributed by atoms with van der Waals surface area (Å²) in [4.78, 5) is 19.3. The number of nitrogens with zero attached hydrogens (tertiary/aromatic N) is 3. The highest BCUT2D eigenvalue weighted by Crippen LogP contribution is 2.25. The zero-order chi connectivity index (χ0) is 17.5. The van der Waals surface area contributed by atoms with Crippen LogP contribution in [0.25, 0.3) is 0 Å². The number of β-amino-alcohol motifs (C(OH)–C–C–N with tert-alkyl or cyclic N) is 1. The second kappa shape index (κ2) is 8.76. The van der Waals surface area contributed by atoms with E-state index in [4.69, 9.17) is 5.11 Å². The molecule has 0 radical (unpaired) electrons. The summed E-state index contributed by atoms with van der Waals surface area (Å²) in [6, 6.07) is 19.6. The zero-order valence-corrected chi connectivity index (χ0v) is 14.4. The van der Waals surface area contributed by atoms with Crippen molar-refractivity contribution in [3.63, 3.8) is 0 Å². The minimum absolute atomic E-state index is 0.0769. The molecule has 0 aliphatic carbocycles. The van der Waals surface area contributed by atoms with Gasteiger partial charge >= 0.3 is 0 Å². The third-order valence-electron chi connectivity index (χ3n) is 4.52. The van der Waals surface area contributed by atoms with E-state index in [-0.39, 0.29) is 12.5 Å². The molecule has 0 atom stereocenters. The molecular formula is C20H25N3O2. The fourth-order valence-electron chi connectivity index (χ4n) is 3.17. The minimum Gasteiger partial charge on any atom is -0.395 e. The minimum atomic E-state index is 0.0769. The van der Waals surface area contributed by atoms with Gasteiger partial charge in [-0.25, -0.2) is 0 Å². The van der Waals surface area contributed by atoms with Crippen molar-refractivity contribution < 1.29 is 9.90 Å². The van der Waals surface area contributed by atoms with E-state index in [1.165, 1.54) is 0 Å². The molecule has 1 amide bonds. The Labute approximate surface area is 149 Å². The first kappa shape index (κ1) is 17.6. The molecule has 132 valence electrons. The molecule has 5 heteroatoms. The van der Waals surface area contributed by atoms with Gasteiger partial charge < -0.3 is 5.11 Å². The first-order valence-electron chi connectivity index (χ1n) is 8.76. The van der Waals surface area contributed by atoms with Crippen molar-refractivity contribution in [2.75, 3.05) is 50.8 Å². The van der Waals surface area contributed by atoms with E-state index in [0.717, 1.165) is 37.6 Å². The Balaban J connectivity index is 1.70. The summed E-state index contributed by atoms with van der Waals surface area (Å²) in [6.45, 7) is 4.79. The SMILES string of the molecule is O=C(CN1CCN(CCO)CC1)N(c1ccccc1)c1ccccc1. The maximum absolute atomic E-state index is 13.1. The molecule has 1 fully saturated rings. The summed E-state index contributed by atoms with van der Waals surface area (Å²) in [5.41, 5.74) is 1.77.